The van der Waals surface area contributed by atoms with E-state index in [0.29, 0.717) is 5.56 Å². The maximum Gasteiger partial charge on any atom is 0.426 e. The molecule has 6 heteroatoms. The molecule has 0 saturated carbocycles. The first-order valence-electron chi connectivity index (χ1n) is 5.22. The molecule has 1 atom stereocenters. The summed E-state index contributed by atoms with van der Waals surface area (Å²) in [7, 11) is 0. The Morgan fingerprint density at radius 1 is 1.39 bits per heavy atom. The molecule has 0 bridgehead atoms. The third kappa shape index (κ3) is 3.94. The van der Waals surface area contributed by atoms with E-state index >= 15 is 0 Å². The van der Waals surface area contributed by atoms with Gasteiger partial charge < -0.3 is 9.84 Å². The van der Waals surface area contributed by atoms with Crippen molar-refractivity contribution in [3.63, 3.8) is 0 Å². The van der Waals surface area contributed by atoms with Crippen molar-refractivity contribution >= 4 is 5.97 Å². The first kappa shape index (κ1) is 14.3. The van der Waals surface area contributed by atoms with Gasteiger partial charge in [-0.15, -0.1) is 0 Å². The van der Waals surface area contributed by atoms with Gasteiger partial charge in [0.05, 0.1) is 6.42 Å². The molecule has 0 radical (unpaired) electrons. The zero-order valence-electron chi connectivity index (χ0n) is 9.91. The van der Waals surface area contributed by atoms with Gasteiger partial charge in [0.2, 0.25) is 6.10 Å². The topological polar surface area (TPSA) is 46.5 Å². The van der Waals surface area contributed by atoms with E-state index in [2.05, 4.69) is 0 Å². The first-order chi connectivity index (χ1) is 8.20. The highest BCUT2D eigenvalue weighted by molar-refractivity contribution is 5.67. The maximum absolute atomic E-state index is 12.6. The minimum absolute atomic E-state index is 0.0455. The summed E-state index contributed by atoms with van der Waals surface area (Å²) in [6, 6.07) is 4.69. The van der Waals surface area contributed by atoms with Crippen molar-refractivity contribution in [2.45, 2.75) is 32.5 Å². The number of carbonyl (C=O) groups is 1. The molecule has 0 aromatic heterocycles. The van der Waals surface area contributed by atoms with Crippen LogP contribution in [0.25, 0.3) is 0 Å². The Hall–Kier alpha value is -1.72. The second kappa shape index (κ2) is 5.29. The summed E-state index contributed by atoms with van der Waals surface area (Å²) in [5, 5.41) is 8.46. The van der Waals surface area contributed by atoms with Crippen LogP contribution in [0.15, 0.2) is 18.2 Å². The van der Waals surface area contributed by atoms with Gasteiger partial charge in [-0.1, -0.05) is 17.7 Å². The lowest BCUT2D eigenvalue weighted by Crippen LogP contribution is -2.36. The van der Waals surface area contributed by atoms with Crippen LogP contribution in [0, 0.1) is 13.8 Å². The van der Waals surface area contributed by atoms with Crippen LogP contribution in [0.2, 0.25) is 0 Å². The van der Waals surface area contributed by atoms with E-state index in [-0.39, 0.29) is 5.75 Å². The van der Waals surface area contributed by atoms with Crippen molar-refractivity contribution in [1.82, 2.24) is 0 Å². The molecular weight excluding hydrogens is 249 g/mol. The quantitative estimate of drug-likeness (QED) is 0.907. The summed E-state index contributed by atoms with van der Waals surface area (Å²) >= 11 is 0. The highest BCUT2D eigenvalue weighted by Gasteiger charge is 2.43. The molecule has 0 aliphatic heterocycles. The molecule has 0 saturated heterocycles. The van der Waals surface area contributed by atoms with E-state index in [1.807, 2.05) is 0 Å². The number of carboxylic acid groups (broad SMARTS) is 1. The van der Waals surface area contributed by atoms with Crippen LogP contribution in [0.4, 0.5) is 13.2 Å². The summed E-state index contributed by atoms with van der Waals surface area (Å²) in [5.41, 5.74) is 1.43. The third-order valence-electron chi connectivity index (χ3n) is 2.32. The molecule has 0 amide bonds. The van der Waals surface area contributed by atoms with Crippen LogP contribution in [0.1, 0.15) is 17.5 Å². The Labute approximate surface area is 102 Å². The van der Waals surface area contributed by atoms with Gasteiger partial charge in [-0.3, -0.25) is 4.79 Å². The van der Waals surface area contributed by atoms with Gasteiger partial charge in [-0.05, 0) is 25.5 Å². The van der Waals surface area contributed by atoms with Crippen molar-refractivity contribution in [1.29, 1.82) is 0 Å². The van der Waals surface area contributed by atoms with E-state index in [4.69, 9.17) is 9.84 Å². The molecule has 1 aromatic carbocycles. The van der Waals surface area contributed by atoms with Gasteiger partial charge in [-0.25, -0.2) is 0 Å². The molecule has 0 aliphatic rings. The van der Waals surface area contributed by atoms with Crippen molar-refractivity contribution in [2.75, 3.05) is 0 Å². The van der Waals surface area contributed by atoms with Crippen LogP contribution in [-0.2, 0) is 4.79 Å². The van der Waals surface area contributed by atoms with Gasteiger partial charge in [-0.2, -0.15) is 13.2 Å². The molecule has 1 N–H and O–H groups in total. The summed E-state index contributed by atoms with van der Waals surface area (Å²) in [4.78, 5) is 10.4. The molecular formula is C12H13F3O3. The molecule has 3 nitrogen and oxygen atoms in total. The summed E-state index contributed by atoms with van der Waals surface area (Å²) in [5.74, 6) is -1.51. The average molecular weight is 262 g/mol. The number of carboxylic acids is 1. The highest BCUT2D eigenvalue weighted by Crippen LogP contribution is 2.29. The summed E-state index contributed by atoms with van der Waals surface area (Å²) in [6.07, 6.45) is -8.16. The number of hydrogen-bond donors (Lipinski definition) is 1. The Morgan fingerprint density at radius 2 is 2.00 bits per heavy atom. The molecule has 0 fully saturated rings. The van der Waals surface area contributed by atoms with Gasteiger partial charge in [0, 0.05) is 0 Å². The fourth-order valence-electron chi connectivity index (χ4n) is 1.47. The van der Waals surface area contributed by atoms with E-state index < -0.39 is 24.7 Å². The Morgan fingerprint density at radius 3 is 2.44 bits per heavy atom. The van der Waals surface area contributed by atoms with E-state index in [0.717, 1.165) is 5.56 Å². The Balaban J connectivity index is 2.92. The first-order valence-corrected chi connectivity index (χ1v) is 5.22. The maximum atomic E-state index is 12.6. The van der Waals surface area contributed by atoms with Crippen LogP contribution < -0.4 is 4.74 Å². The van der Waals surface area contributed by atoms with E-state index in [1.54, 1.807) is 26.0 Å². The van der Waals surface area contributed by atoms with E-state index in [9.17, 15) is 18.0 Å². The number of alkyl halides is 3. The molecule has 0 spiro atoms. The van der Waals surface area contributed by atoms with Crippen LogP contribution in [0.3, 0.4) is 0 Å². The standard InChI is InChI=1S/C12H13F3O3/c1-7-3-4-9(8(2)5-7)18-10(6-11(16)17)12(13,14)15/h3-5,10H,6H2,1-2H3,(H,16,17). The number of benzene rings is 1. The number of aryl methyl sites for hydroxylation is 2. The second-order valence-corrected chi connectivity index (χ2v) is 4.01. The van der Waals surface area contributed by atoms with Crippen LogP contribution in [-0.4, -0.2) is 23.4 Å². The molecule has 1 aromatic rings. The van der Waals surface area contributed by atoms with Crippen LogP contribution >= 0.6 is 0 Å². The van der Waals surface area contributed by atoms with Crippen molar-refractivity contribution in [2.24, 2.45) is 0 Å². The number of halogens is 3. The molecule has 1 rings (SSSR count). The lowest BCUT2D eigenvalue weighted by molar-refractivity contribution is -0.200. The number of ether oxygens (including phenoxy) is 1. The second-order valence-electron chi connectivity index (χ2n) is 4.01. The minimum Gasteiger partial charge on any atom is -0.481 e. The fraction of sp³-hybridized carbons (Fsp3) is 0.417. The smallest absolute Gasteiger partial charge is 0.426 e. The highest BCUT2D eigenvalue weighted by atomic mass is 19.4. The lowest BCUT2D eigenvalue weighted by Gasteiger charge is -2.21. The minimum atomic E-state index is -4.71. The lowest BCUT2D eigenvalue weighted by atomic mass is 10.1. The van der Waals surface area contributed by atoms with Gasteiger partial charge in [0.15, 0.2) is 0 Å². The van der Waals surface area contributed by atoms with Crippen molar-refractivity contribution < 1.29 is 27.8 Å². The number of hydrogen-bond acceptors (Lipinski definition) is 2. The average Bonchev–Trinajstić information content (AvgIpc) is 2.18. The summed E-state index contributed by atoms with van der Waals surface area (Å²) in [6.45, 7) is 3.41. The largest absolute Gasteiger partial charge is 0.481 e. The Kier molecular flexibility index (Phi) is 4.21. The van der Waals surface area contributed by atoms with Gasteiger partial charge in [0.25, 0.3) is 0 Å². The summed E-state index contributed by atoms with van der Waals surface area (Å²) < 4.78 is 42.5. The molecule has 1 unspecified atom stereocenters. The van der Waals surface area contributed by atoms with Crippen molar-refractivity contribution in [3.8, 4) is 5.75 Å². The molecule has 0 heterocycles. The van der Waals surface area contributed by atoms with Gasteiger partial charge >= 0.3 is 12.1 Å². The zero-order valence-corrected chi connectivity index (χ0v) is 9.91. The predicted molar refractivity (Wildman–Crippen MR) is 58.6 cm³/mol. The molecule has 100 valence electrons. The van der Waals surface area contributed by atoms with Crippen molar-refractivity contribution in [3.05, 3.63) is 29.3 Å². The number of aliphatic carboxylic acids is 1. The van der Waals surface area contributed by atoms with E-state index in [1.165, 1.54) is 6.07 Å². The zero-order chi connectivity index (χ0) is 13.9. The van der Waals surface area contributed by atoms with Gasteiger partial charge in [0.1, 0.15) is 5.75 Å². The van der Waals surface area contributed by atoms with Crippen LogP contribution in [0.5, 0.6) is 5.75 Å². The normalized spacial score (nSPS) is 13.2. The predicted octanol–water partition coefficient (Wildman–Crippen LogP) is 3.09. The molecule has 0 aliphatic carbocycles. The number of rotatable bonds is 4. The third-order valence-corrected chi connectivity index (χ3v) is 2.32. The fourth-order valence-corrected chi connectivity index (χ4v) is 1.47. The molecule has 18 heavy (non-hydrogen) atoms. The SMILES string of the molecule is Cc1ccc(OC(CC(=O)O)C(F)(F)F)c(C)c1. The monoisotopic (exact) mass is 262 g/mol. The Bertz CT molecular complexity index is 441.